The number of hydrogen-bond acceptors (Lipinski definition) is 2. The molecule has 0 saturated carbocycles. The van der Waals surface area contributed by atoms with Crippen LogP contribution in [0.1, 0.15) is 52.9 Å². The number of aliphatic hydroxyl groups is 1. The van der Waals surface area contributed by atoms with Gasteiger partial charge in [-0.05, 0) is 19.3 Å². The Kier molecular flexibility index (Phi) is 7.39. The minimum absolute atomic E-state index is 0.108. The van der Waals surface area contributed by atoms with Crippen molar-refractivity contribution >= 4 is 5.91 Å². The molecule has 0 unspecified atom stereocenters. The van der Waals surface area contributed by atoms with Gasteiger partial charge in [-0.25, -0.2) is 0 Å². The van der Waals surface area contributed by atoms with E-state index >= 15 is 0 Å². The van der Waals surface area contributed by atoms with Crippen LogP contribution in [-0.2, 0) is 4.79 Å². The average Bonchev–Trinajstić information content (AvgIpc) is 2.29. The van der Waals surface area contributed by atoms with Gasteiger partial charge >= 0.3 is 0 Å². The molecule has 0 aliphatic heterocycles. The number of carbonyl (C=O) groups is 1. The maximum Gasteiger partial charge on any atom is 0.220 e. The highest BCUT2D eigenvalue weighted by atomic mass is 16.3. The minimum Gasteiger partial charge on any atom is -0.396 e. The molecule has 0 bridgehead atoms. The van der Waals surface area contributed by atoms with Crippen molar-refractivity contribution in [2.75, 3.05) is 13.2 Å². The minimum atomic E-state index is -0.123. The van der Waals surface area contributed by atoms with Crippen LogP contribution < -0.4 is 5.32 Å². The van der Waals surface area contributed by atoms with E-state index < -0.39 is 0 Å². The van der Waals surface area contributed by atoms with Crippen LogP contribution in [0.3, 0.4) is 0 Å². The fourth-order valence-corrected chi connectivity index (χ4v) is 1.49. The van der Waals surface area contributed by atoms with Crippen LogP contribution in [-0.4, -0.2) is 24.2 Å². The maximum atomic E-state index is 11.4. The molecule has 1 amide bonds. The first-order valence-electron chi connectivity index (χ1n) is 6.01. The number of carbonyl (C=O) groups excluding carboxylic acids is 1. The molecule has 0 spiro atoms. The van der Waals surface area contributed by atoms with Crippen molar-refractivity contribution in [2.45, 2.75) is 52.9 Å². The number of unbranched alkanes of at least 4 members (excludes halogenated alkanes) is 1. The van der Waals surface area contributed by atoms with E-state index in [1.165, 1.54) is 0 Å². The lowest BCUT2D eigenvalue weighted by Crippen LogP contribution is -2.39. The van der Waals surface area contributed by atoms with E-state index in [4.69, 9.17) is 0 Å². The van der Waals surface area contributed by atoms with Gasteiger partial charge in [0.25, 0.3) is 0 Å². The van der Waals surface area contributed by atoms with Gasteiger partial charge in [-0.15, -0.1) is 0 Å². The Morgan fingerprint density at radius 2 is 1.87 bits per heavy atom. The lowest BCUT2D eigenvalue weighted by Gasteiger charge is -2.29. The third kappa shape index (κ3) is 5.17. The largest absolute Gasteiger partial charge is 0.396 e. The molecule has 90 valence electrons. The van der Waals surface area contributed by atoms with Crippen LogP contribution in [0.15, 0.2) is 0 Å². The highest BCUT2D eigenvalue weighted by molar-refractivity contribution is 5.75. The molecule has 0 atom stereocenters. The molecule has 0 rings (SSSR count). The SMILES string of the molecule is CCCCC(=O)NCC(CC)(CC)CO. The first-order chi connectivity index (χ1) is 7.14. The van der Waals surface area contributed by atoms with Crippen LogP contribution in [0.5, 0.6) is 0 Å². The predicted molar refractivity (Wildman–Crippen MR) is 62.6 cm³/mol. The Balaban J connectivity index is 3.93. The van der Waals surface area contributed by atoms with Crippen molar-refractivity contribution in [3.8, 4) is 0 Å². The molecule has 0 saturated heterocycles. The van der Waals surface area contributed by atoms with E-state index in [1.54, 1.807) is 0 Å². The standard InChI is InChI=1S/C12H25NO2/c1-4-7-8-11(15)13-9-12(5-2,6-3)10-14/h14H,4-10H2,1-3H3,(H,13,15). The zero-order chi connectivity index (χ0) is 11.7. The number of rotatable bonds is 8. The second kappa shape index (κ2) is 7.69. The zero-order valence-corrected chi connectivity index (χ0v) is 10.3. The molecule has 0 fully saturated rings. The fourth-order valence-electron chi connectivity index (χ4n) is 1.49. The smallest absolute Gasteiger partial charge is 0.220 e. The molecule has 3 nitrogen and oxygen atoms in total. The summed E-state index contributed by atoms with van der Waals surface area (Å²) in [6.07, 6.45) is 4.38. The van der Waals surface area contributed by atoms with Crippen molar-refractivity contribution in [1.29, 1.82) is 0 Å². The van der Waals surface area contributed by atoms with Gasteiger partial charge < -0.3 is 10.4 Å². The van der Waals surface area contributed by atoms with Gasteiger partial charge in [-0.1, -0.05) is 27.2 Å². The molecule has 0 aromatic rings. The van der Waals surface area contributed by atoms with E-state index in [2.05, 4.69) is 26.1 Å². The van der Waals surface area contributed by atoms with E-state index in [1.807, 2.05) is 0 Å². The van der Waals surface area contributed by atoms with Crippen molar-refractivity contribution < 1.29 is 9.90 Å². The fraction of sp³-hybridized carbons (Fsp3) is 0.917. The van der Waals surface area contributed by atoms with Gasteiger partial charge in [0.2, 0.25) is 5.91 Å². The lowest BCUT2D eigenvalue weighted by molar-refractivity contribution is -0.121. The third-order valence-electron chi connectivity index (χ3n) is 3.25. The summed E-state index contributed by atoms with van der Waals surface area (Å²) in [5, 5.41) is 12.2. The average molecular weight is 215 g/mol. The predicted octanol–water partition coefficient (Wildman–Crippen LogP) is 2.09. The van der Waals surface area contributed by atoms with Crippen LogP contribution in [0.4, 0.5) is 0 Å². The summed E-state index contributed by atoms with van der Waals surface area (Å²) in [7, 11) is 0. The third-order valence-corrected chi connectivity index (χ3v) is 3.25. The first-order valence-corrected chi connectivity index (χ1v) is 6.01. The van der Waals surface area contributed by atoms with Gasteiger partial charge in [-0.2, -0.15) is 0 Å². The Morgan fingerprint density at radius 1 is 1.27 bits per heavy atom. The van der Waals surface area contributed by atoms with Crippen LogP contribution >= 0.6 is 0 Å². The van der Waals surface area contributed by atoms with Gasteiger partial charge in [0.05, 0.1) is 6.61 Å². The Morgan fingerprint density at radius 3 is 2.27 bits per heavy atom. The van der Waals surface area contributed by atoms with Gasteiger partial charge in [0, 0.05) is 18.4 Å². The normalized spacial score (nSPS) is 11.5. The number of amides is 1. The molecule has 0 aliphatic carbocycles. The molecule has 0 aliphatic rings. The van der Waals surface area contributed by atoms with Crippen LogP contribution in [0.2, 0.25) is 0 Å². The van der Waals surface area contributed by atoms with E-state index in [-0.39, 0.29) is 17.9 Å². The first kappa shape index (κ1) is 14.4. The summed E-state index contributed by atoms with van der Waals surface area (Å²) in [5.41, 5.74) is -0.123. The molecule has 15 heavy (non-hydrogen) atoms. The van der Waals surface area contributed by atoms with E-state index in [0.29, 0.717) is 13.0 Å². The molecular weight excluding hydrogens is 190 g/mol. The summed E-state index contributed by atoms with van der Waals surface area (Å²) >= 11 is 0. The van der Waals surface area contributed by atoms with E-state index in [0.717, 1.165) is 25.7 Å². The highest BCUT2D eigenvalue weighted by Gasteiger charge is 2.25. The van der Waals surface area contributed by atoms with Crippen molar-refractivity contribution in [3.63, 3.8) is 0 Å². The summed E-state index contributed by atoms with van der Waals surface area (Å²) in [6.45, 7) is 6.92. The quantitative estimate of drug-likeness (QED) is 0.651. The maximum absolute atomic E-state index is 11.4. The highest BCUT2D eigenvalue weighted by Crippen LogP contribution is 2.24. The number of hydrogen-bond donors (Lipinski definition) is 2. The second-order valence-corrected chi connectivity index (χ2v) is 4.25. The topological polar surface area (TPSA) is 49.3 Å². The second-order valence-electron chi connectivity index (χ2n) is 4.25. The molecule has 3 heteroatoms. The van der Waals surface area contributed by atoms with Crippen LogP contribution in [0.25, 0.3) is 0 Å². The summed E-state index contributed by atoms with van der Waals surface area (Å²) in [4.78, 5) is 11.4. The van der Waals surface area contributed by atoms with Gasteiger partial charge in [0.1, 0.15) is 0 Å². The molecule has 0 aromatic carbocycles. The Hall–Kier alpha value is -0.570. The zero-order valence-electron chi connectivity index (χ0n) is 10.3. The van der Waals surface area contributed by atoms with E-state index in [9.17, 15) is 9.90 Å². The van der Waals surface area contributed by atoms with Gasteiger partial charge in [0.15, 0.2) is 0 Å². The number of nitrogens with one attached hydrogen (secondary N) is 1. The van der Waals surface area contributed by atoms with Crippen molar-refractivity contribution in [1.82, 2.24) is 5.32 Å². The number of aliphatic hydroxyl groups excluding tert-OH is 1. The lowest BCUT2D eigenvalue weighted by atomic mass is 9.83. The van der Waals surface area contributed by atoms with Crippen LogP contribution in [0, 0.1) is 5.41 Å². The van der Waals surface area contributed by atoms with Crippen molar-refractivity contribution in [3.05, 3.63) is 0 Å². The molecule has 2 N–H and O–H groups in total. The summed E-state index contributed by atoms with van der Waals surface area (Å²) in [5.74, 6) is 0.108. The summed E-state index contributed by atoms with van der Waals surface area (Å²) in [6, 6.07) is 0. The molecular formula is C12H25NO2. The monoisotopic (exact) mass is 215 g/mol. The summed E-state index contributed by atoms with van der Waals surface area (Å²) < 4.78 is 0. The van der Waals surface area contributed by atoms with Gasteiger partial charge in [-0.3, -0.25) is 4.79 Å². The van der Waals surface area contributed by atoms with Crippen molar-refractivity contribution in [2.24, 2.45) is 5.41 Å². The molecule has 0 heterocycles. The molecule has 0 aromatic heterocycles. The molecule has 0 radical (unpaired) electrons. The Labute approximate surface area is 93.3 Å². The Bertz CT molecular complexity index is 168.